The van der Waals surface area contributed by atoms with Crippen molar-refractivity contribution >= 4 is 11.8 Å². The van der Waals surface area contributed by atoms with E-state index in [0.29, 0.717) is 25.7 Å². The van der Waals surface area contributed by atoms with Crippen LogP contribution >= 0.6 is 0 Å². The number of aliphatic hydroxyl groups is 3. The summed E-state index contributed by atoms with van der Waals surface area (Å²) in [6, 6.07) is 0. The first-order chi connectivity index (χ1) is 10.4. The van der Waals surface area contributed by atoms with E-state index >= 15 is 0 Å². The summed E-state index contributed by atoms with van der Waals surface area (Å²) in [4.78, 5) is 23.4. The molecule has 2 saturated carbocycles. The number of fused-ring (bicyclic) bond motifs is 1. The van der Waals surface area contributed by atoms with Crippen molar-refractivity contribution in [2.75, 3.05) is 6.61 Å². The summed E-state index contributed by atoms with van der Waals surface area (Å²) in [7, 11) is 0. The van der Waals surface area contributed by atoms with Crippen molar-refractivity contribution < 1.29 is 29.6 Å². The van der Waals surface area contributed by atoms with E-state index < -0.39 is 40.5 Å². The Morgan fingerprint density at radius 2 is 2.00 bits per heavy atom. The van der Waals surface area contributed by atoms with Crippen LogP contribution in [0.1, 0.15) is 53.4 Å². The van der Waals surface area contributed by atoms with Crippen molar-refractivity contribution in [1.82, 2.24) is 0 Å². The average molecular weight is 328 g/mol. The Morgan fingerprint density at radius 1 is 1.39 bits per heavy atom. The van der Waals surface area contributed by atoms with Crippen molar-refractivity contribution in [2.24, 2.45) is 17.3 Å². The first-order valence-corrected chi connectivity index (χ1v) is 8.21. The molecule has 6 atom stereocenters. The Balaban J connectivity index is 2.28. The number of Topliss-reactive ketones (excluding diaryl/α,β-unsaturated/α-hetero) is 1. The van der Waals surface area contributed by atoms with Crippen LogP contribution in [-0.4, -0.2) is 51.0 Å². The van der Waals surface area contributed by atoms with Crippen molar-refractivity contribution in [2.45, 2.75) is 70.7 Å². The highest BCUT2D eigenvalue weighted by atomic mass is 16.5. The standard InChI is InChI=1S/C17H28O6/c1-10(18)23-9-17(4,22)11-5-7-15(2)12(19)6-8-16(3,21)14(15)13(11)20/h11,13-14,20-22H,5-9H2,1-4H3/t11-,13-,14?,15+,16-,17-/m1/s1. The molecule has 1 unspecified atom stereocenters. The molecule has 0 aliphatic heterocycles. The fourth-order valence-corrected chi connectivity index (χ4v) is 4.60. The molecule has 6 nitrogen and oxygen atoms in total. The molecule has 0 aromatic carbocycles. The summed E-state index contributed by atoms with van der Waals surface area (Å²) in [6.45, 7) is 6.01. The van der Waals surface area contributed by atoms with Crippen LogP contribution in [0.4, 0.5) is 0 Å². The zero-order valence-electron chi connectivity index (χ0n) is 14.3. The molecule has 2 rings (SSSR count). The van der Waals surface area contributed by atoms with Gasteiger partial charge in [-0.25, -0.2) is 0 Å². The van der Waals surface area contributed by atoms with Crippen LogP contribution in [0.5, 0.6) is 0 Å². The highest BCUT2D eigenvalue weighted by molar-refractivity contribution is 5.86. The van der Waals surface area contributed by atoms with Gasteiger partial charge in [-0.1, -0.05) is 6.92 Å². The van der Waals surface area contributed by atoms with E-state index in [-0.39, 0.29) is 12.4 Å². The van der Waals surface area contributed by atoms with Gasteiger partial charge in [0.25, 0.3) is 0 Å². The Bertz CT molecular complexity index is 497. The quantitative estimate of drug-likeness (QED) is 0.662. The van der Waals surface area contributed by atoms with E-state index in [4.69, 9.17) is 4.74 Å². The third kappa shape index (κ3) is 3.16. The number of ether oxygens (including phenoxy) is 1. The number of aliphatic hydroxyl groups excluding tert-OH is 1. The van der Waals surface area contributed by atoms with E-state index in [1.807, 2.05) is 0 Å². The summed E-state index contributed by atoms with van der Waals surface area (Å²) >= 11 is 0. The molecule has 0 amide bonds. The average Bonchev–Trinajstić information content (AvgIpc) is 2.41. The summed E-state index contributed by atoms with van der Waals surface area (Å²) in [5.74, 6) is -1.65. The summed E-state index contributed by atoms with van der Waals surface area (Å²) in [5, 5.41) is 32.3. The smallest absolute Gasteiger partial charge is 0.302 e. The minimum Gasteiger partial charge on any atom is -0.463 e. The first-order valence-electron chi connectivity index (χ1n) is 8.21. The lowest BCUT2D eigenvalue weighted by atomic mass is 9.50. The van der Waals surface area contributed by atoms with E-state index in [2.05, 4.69) is 0 Å². The van der Waals surface area contributed by atoms with Gasteiger partial charge >= 0.3 is 5.97 Å². The normalized spacial score (nSPS) is 43.4. The van der Waals surface area contributed by atoms with Crippen molar-refractivity contribution in [3.63, 3.8) is 0 Å². The molecule has 0 spiro atoms. The van der Waals surface area contributed by atoms with E-state index in [0.717, 1.165) is 0 Å². The van der Waals surface area contributed by atoms with E-state index in [1.54, 1.807) is 13.8 Å². The maximum Gasteiger partial charge on any atom is 0.302 e. The predicted molar refractivity (Wildman–Crippen MR) is 82.4 cm³/mol. The Labute approximate surface area is 136 Å². The van der Waals surface area contributed by atoms with Gasteiger partial charge in [-0.15, -0.1) is 0 Å². The van der Waals surface area contributed by atoms with Gasteiger partial charge in [0.2, 0.25) is 0 Å². The van der Waals surface area contributed by atoms with Crippen LogP contribution < -0.4 is 0 Å². The van der Waals surface area contributed by atoms with Gasteiger partial charge in [0.1, 0.15) is 18.0 Å². The Morgan fingerprint density at radius 3 is 2.57 bits per heavy atom. The second kappa shape index (κ2) is 5.83. The largest absolute Gasteiger partial charge is 0.463 e. The van der Waals surface area contributed by atoms with Crippen LogP contribution in [0, 0.1) is 17.3 Å². The first kappa shape index (κ1) is 18.4. The molecule has 2 aliphatic rings. The topological polar surface area (TPSA) is 104 Å². The molecule has 23 heavy (non-hydrogen) atoms. The summed E-state index contributed by atoms with van der Waals surface area (Å²) in [5.41, 5.74) is -3.36. The number of hydrogen-bond donors (Lipinski definition) is 3. The second-order valence-corrected chi connectivity index (χ2v) is 7.95. The van der Waals surface area contributed by atoms with Gasteiger partial charge in [0.15, 0.2) is 0 Å². The molecule has 0 radical (unpaired) electrons. The minimum absolute atomic E-state index is 0.0613. The maximum atomic E-state index is 12.4. The summed E-state index contributed by atoms with van der Waals surface area (Å²) < 4.78 is 4.91. The molecule has 0 bridgehead atoms. The zero-order chi connectivity index (χ0) is 17.6. The molecule has 2 aliphatic carbocycles. The van der Waals surface area contributed by atoms with Crippen LogP contribution in [0.15, 0.2) is 0 Å². The third-order valence-electron chi connectivity index (χ3n) is 5.95. The van der Waals surface area contributed by atoms with Gasteiger partial charge in [-0.05, 0) is 33.1 Å². The monoisotopic (exact) mass is 328 g/mol. The number of hydrogen-bond acceptors (Lipinski definition) is 6. The molecule has 0 aromatic heterocycles. The lowest BCUT2D eigenvalue weighted by Crippen LogP contribution is -2.64. The number of esters is 1. The fraction of sp³-hybridized carbons (Fsp3) is 0.882. The molecule has 6 heteroatoms. The van der Waals surface area contributed by atoms with Crippen LogP contribution in [0.3, 0.4) is 0 Å². The molecule has 132 valence electrons. The highest BCUT2D eigenvalue weighted by Gasteiger charge is 2.61. The second-order valence-electron chi connectivity index (χ2n) is 7.95. The third-order valence-corrected chi connectivity index (χ3v) is 5.95. The Hall–Kier alpha value is -0.980. The molecule has 0 saturated heterocycles. The van der Waals surface area contributed by atoms with Gasteiger partial charge in [0.05, 0.1) is 11.7 Å². The van der Waals surface area contributed by atoms with Crippen LogP contribution in [-0.2, 0) is 14.3 Å². The predicted octanol–water partition coefficient (Wildman–Crippen LogP) is 0.808. The number of carbonyl (C=O) groups is 2. The summed E-state index contributed by atoms with van der Waals surface area (Å²) in [6.07, 6.45) is 0.497. The van der Waals surface area contributed by atoms with Gasteiger partial charge in [-0.3, -0.25) is 9.59 Å². The zero-order valence-corrected chi connectivity index (χ0v) is 14.3. The SMILES string of the molecule is CC(=O)OC[C@@](C)(O)[C@@H]1CC[C@@]2(C)C(=O)CC[C@@](C)(O)C2[C@@H]1O. The van der Waals surface area contributed by atoms with Crippen molar-refractivity contribution in [3.05, 3.63) is 0 Å². The minimum atomic E-state index is -1.41. The van der Waals surface area contributed by atoms with Crippen molar-refractivity contribution in [1.29, 1.82) is 0 Å². The van der Waals surface area contributed by atoms with Gasteiger partial charge in [0, 0.05) is 30.6 Å². The maximum absolute atomic E-state index is 12.4. The number of ketones is 1. The van der Waals surface area contributed by atoms with Gasteiger partial charge < -0.3 is 20.1 Å². The fourth-order valence-electron chi connectivity index (χ4n) is 4.60. The molecular weight excluding hydrogens is 300 g/mol. The molecular formula is C17H28O6. The van der Waals surface area contributed by atoms with Gasteiger partial charge in [-0.2, -0.15) is 0 Å². The molecule has 0 heterocycles. The van der Waals surface area contributed by atoms with Crippen LogP contribution in [0.25, 0.3) is 0 Å². The molecule has 2 fully saturated rings. The van der Waals surface area contributed by atoms with E-state index in [1.165, 1.54) is 13.8 Å². The Kier molecular flexibility index (Phi) is 4.65. The molecule has 3 N–H and O–H groups in total. The highest BCUT2D eigenvalue weighted by Crippen LogP contribution is 2.55. The van der Waals surface area contributed by atoms with Crippen molar-refractivity contribution in [3.8, 4) is 0 Å². The molecule has 0 aromatic rings. The number of rotatable bonds is 3. The lowest BCUT2D eigenvalue weighted by molar-refractivity contribution is -0.211. The van der Waals surface area contributed by atoms with Crippen LogP contribution in [0.2, 0.25) is 0 Å². The lowest BCUT2D eigenvalue weighted by Gasteiger charge is -2.56. The number of carbonyl (C=O) groups excluding carboxylic acids is 2. The van der Waals surface area contributed by atoms with E-state index in [9.17, 15) is 24.9 Å².